The normalized spacial score (nSPS) is 16.6. The number of hydrogen-bond acceptors (Lipinski definition) is 5. The second kappa shape index (κ2) is 11.4. The smallest absolute Gasteiger partial charge is 0.266 e. The summed E-state index contributed by atoms with van der Waals surface area (Å²) in [4.78, 5) is 20.5. The van der Waals surface area contributed by atoms with Crippen LogP contribution in [0.4, 0.5) is 10.1 Å². The summed E-state index contributed by atoms with van der Waals surface area (Å²) in [7, 11) is 1.57. The van der Waals surface area contributed by atoms with Gasteiger partial charge >= 0.3 is 0 Å². The molecule has 1 fully saturated rings. The summed E-state index contributed by atoms with van der Waals surface area (Å²) in [5.41, 5.74) is 3.64. The van der Waals surface area contributed by atoms with E-state index in [4.69, 9.17) is 14.5 Å². The van der Waals surface area contributed by atoms with Gasteiger partial charge in [0.1, 0.15) is 12.4 Å². The third kappa shape index (κ3) is 5.97. The second-order valence-corrected chi connectivity index (χ2v) is 9.61. The first-order chi connectivity index (χ1) is 17.4. The number of aliphatic imine (C=N–C) groups is 1. The van der Waals surface area contributed by atoms with Gasteiger partial charge in [-0.1, -0.05) is 42.8 Å². The fourth-order valence-corrected chi connectivity index (χ4v) is 4.74. The van der Waals surface area contributed by atoms with E-state index in [2.05, 4.69) is 6.92 Å². The predicted molar refractivity (Wildman–Crippen MR) is 144 cm³/mol. The van der Waals surface area contributed by atoms with Gasteiger partial charge < -0.3 is 9.47 Å². The van der Waals surface area contributed by atoms with Gasteiger partial charge in [-0.2, -0.15) is 0 Å². The van der Waals surface area contributed by atoms with Crippen molar-refractivity contribution in [1.82, 2.24) is 4.90 Å². The van der Waals surface area contributed by atoms with Crippen molar-refractivity contribution in [3.8, 4) is 11.5 Å². The number of methoxy groups -OCH3 is 1. The van der Waals surface area contributed by atoms with Crippen LogP contribution in [-0.4, -0.2) is 29.1 Å². The molecule has 7 heteroatoms. The van der Waals surface area contributed by atoms with Crippen LogP contribution >= 0.6 is 11.8 Å². The molecule has 0 aromatic heterocycles. The Bertz CT molecular complexity index is 1290. The zero-order valence-electron chi connectivity index (χ0n) is 20.8. The summed E-state index contributed by atoms with van der Waals surface area (Å²) in [6.07, 6.45) is 2.67. The van der Waals surface area contributed by atoms with Crippen molar-refractivity contribution < 1.29 is 18.7 Å². The highest BCUT2D eigenvalue weighted by atomic mass is 32.2. The molecule has 1 saturated heterocycles. The van der Waals surface area contributed by atoms with Crippen molar-refractivity contribution in [2.45, 2.75) is 39.8 Å². The third-order valence-electron chi connectivity index (χ3n) is 5.92. The zero-order chi connectivity index (χ0) is 25.7. The van der Waals surface area contributed by atoms with E-state index in [0.29, 0.717) is 21.6 Å². The number of benzene rings is 3. The number of halogens is 1. The van der Waals surface area contributed by atoms with Crippen LogP contribution in [0.3, 0.4) is 0 Å². The Morgan fingerprint density at radius 1 is 1.06 bits per heavy atom. The number of nitrogens with zero attached hydrogens (tertiary/aromatic N) is 2. The van der Waals surface area contributed by atoms with E-state index < -0.39 is 0 Å². The number of aryl methyl sites for hydroxylation is 1. The molecular weight excluding hydrogens is 475 g/mol. The van der Waals surface area contributed by atoms with Gasteiger partial charge in [0.05, 0.1) is 17.7 Å². The molecule has 36 heavy (non-hydrogen) atoms. The number of hydrogen-bond donors (Lipinski definition) is 0. The largest absolute Gasteiger partial charge is 0.493 e. The van der Waals surface area contributed by atoms with E-state index in [1.807, 2.05) is 62.4 Å². The molecule has 0 saturated carbocycles. The first-order valence-corrected chi connectivity index (χ1v) is 12.6. The Labute approximate surface area is 215 Å². The quantitative estimate of drug-likeness (QED) is 0.306. The van der Waals surface area contributed by atoms with E-state index in [1.165, 1.54) is 23.9 Å². The van der Waals surface area contributed by atoms with E-state index in [-0.39, 0.29) is 24.4 Å². The predicted octanol–water partition coefficient (Wildman–Crippen LogP) is 7.12. The molecule has 4 rings (SSSR count). The van der Waals surface area contributed by atoms with Crippen LogP contribution in [-0.2, 0) is 11.4 Å². The molecule has 0 N–H and O–H groups in total. The lowest BCUT2D eigenvalue weighted by atomic mass is 10.1. The molecule has 186 valence electrons. The zero-order valence-corrected chi connectivity index (χ0v) is 21.6. The Hall–Kier alpha value is -3.58. The minimum absolute atomic E-state index is 0.0249. The number of rotatable bonds is 8. The van der Waals surface area contributed by atoms with Crippen molar-refractivity contribution in [2.75, 3.05) is 7.11 Å². The molecule has 0 aliphatic carbocycles. The lowest BCUT2D eigenvalue weighted by molar-refractivity contribution is -0.123. The lowest BCUT2D eigenvalue weighted by Crippen LogP contribution is -2.36. The molecule has 1 aliphatic rings. The number of ether oxygens (including phenoxy) is 2. The highest BCUT2D eigenvalue weighted by molar-refractivity contribution is 8.18. The minimum atomic E-state index is -0.285. The van der Waals surface area contributed by atoms with Gasteiger partial charge in [0.25, 0.3) is 5.91 Å². The molecular formula is C29H29FN2O3S. The summed E-state index contributed by atoms with van der Waals surface area (Å²) >= 11 is 1.38. The molecule has 1 heterocycles. The summed E-state index contributed by atoms with van der Waals surface area (Å²) < 4.78 is 24.6. The van der Waals surface area contributed by atoms with Crippen LogP contribution in [0.2, 0.25) is 0 Å². The number of carbonyl (C=O) groups is 1. The maximum absolute atomic E-state index is 13.3. The molecule has 3 aromatic carbocycles. The van der Waals surface area contributed by atoms with Crippen molar-refractivity contribution in [3.05, 3.63) is 94.1 Å². The Kier molecular flexibility index (Phi) is 8.10. The van der Waals surface area contributed by atoms with Crippen LogP contribution in [0.15, 0.2) is 76.6 Å². The highest BCUT2D eigenvalue weighted by Crippen LogP contribution is 2.37. The van der Waals surface area contributed by atoms with Crippen molar-refractivity contribution in [1.29, 1.82) is 0 Å². The third-order valence-corrected chi connectivity index (χ3v) is 6.90. The molecule has 1 atom stereocenters. The Morgan fingerprint density at radius 3 is 2.44 bits per heavy atom. The Balaban J connectivity index is 1.57. The van der Waals surface area contributed by atoms with Crippen molar-refractivity contribution in [3.63, 3.8) is 0 Å². The number of amidine groups is 1. The SMILES string of the molecule is CC[C@H](C)N1C(=O)/C(=C\c2ccc(OCc3ccc(F)cc3)c(OC)c2)SC1=Nc1ccc(C)cc1. The van der Waals surface area contributed by atoms with Gasteiger partial charge in [0.15, 0.2) is 16.7 Å². The monoisotopic (exact) mass is 504 g/mol. The van der Waals surface area contributed by atoms with Gasteiger partial charge in [-0.15, -0.1) is 0 Å². The maximum atomic E-state index is 13.3. The summed E-state index contributed by atoms with van der Waals surface area (Å²) in [5, 5.41) is 0.677. The summed E-state index contributed by atoms with van der Waals surface area (Å²) in [6, 6.07) is 19.7. The van der Waals surface area contributed by atoms with Gasteiger partial charge in [0, 0.05) is 6.04 Å². The van der Waals surface area contributed by atoms with E-state index in [1.54, 1.807) is 24.1 Å². The fourth-order valence-electron chi connectivity index (χ4n) is 3.65. The molecule has 0 radical (unpaired) electrons. The highest BCUT2D eigenvalue weighted by Gasteiger charge is 2.36. The Morgan fingerprint density at radius 2 is 1.78 bits per heavy atom. The topological polar surface area (TPSA) is 51.1 Å². The van der Waals surface area contributed by atoms with E-state index in [9.17, 15) is 9.18 Å². The summed E-state index contributed by atoms with van der Waals surface area (Å²) in [6.45, 7) is 6.41. The number of thioether (sulfide) groups is 1. The van der Waals surface area contributed by atoms with Crippen LogP contribution in [0.25, 0.3) is 6.08 Å². The molecule has 0 bridgehead atoms. The average molecular weight is 505 g/mol. The van der Waals surface area contributed by atoms with Crippen molar-refractivity contribution >= 4 is 34.6 Å². The molecule has 1 aliphatic heterocycles. The van der Waals surface area contributed by atoms with Gasteiger partial charge in [0.2, 0.25) is 0 Å². The number of amides is 1. The van der Waals surface area contributed by atoms with Crippen LogP contribution in [0.1, 0.15) is 37.0 Å². The van der Waals surface area contributed by atoms with E-state index >= 15 is 0 Å². The van der Waals surface area contributed by atoms with Gasteiger partial charge in [-0.3, -0.25) is 9.69 Å². The molecule has 5 nitrogen and oxygen atoms in total. The standard InChI is InChI=1S/C29H29FN2O3S/c1-5-20(3)32-28(33)27(36-29(32)31-24-13-6-19(2)7-14-24)17-22-10-15-25(26(16-22)34-4)35-18-21-8-11-23(30)12-9-21/h6-17,20H,5,18H2,1-4H3/b27-17+,31-29?/t20-/m0/s1. The molecule has 0 spiro atoms. The lowest BCUT2D eigenvalue weighted by Gasteiger charge is -2.22. The maximum Gasteiger partial charge on any atom is 0.266 e. The van der Waals surface area contributed by atoms with E-state index in [0.717, 1.165) is 28.8 Å². The average Bonchev–Trinajstić information content (AvgIpc) is 3.19. The van der Waals surface area contributed by atoms with Gasteiger partial charge in [-0.05, 0) is 85.6 Å². The number of carbonyl (C=O) groups excluding carboxylic acids is 1. The first kappa shape index (κ1) is 25.5. The fraction of sp³-hybridized carbons (Fsp3) is 0.241. The van der Waals surface area contributed by atoms with Gasteiger partial charge in [-0.25, -0.2) is 9.38 Å². The molecule has 1 amide bonds. The van der Waals surface area contributed by atoms with Crippen LogP contribution in [0, 0.1) is 12.7 Å². The van der Waals surface area contributed by atoms with Crippen molar-refractivity contribution in [2.24, 2.45) is 4.99 Å². The summed E-state index contributed by atoms with van der Waals surface area (Å²) in [5.74, 6) is 0.772. The first-order valence-electron chi connectivity index (χ1n) is 11.8. The second-order valence-electron chi connectivity index (χ2n) is 8.60. The van der Waals surface area contributed by atoms with Crippen LogP contribution in [0.5, 0.6) is 11.5 Å². The minimum Gasteiger partial charge on any atom is -0.493 e. The molecule has 0 unspecified atom stereocenters. The van der Waals surface area contributed by atoms with Crippen LogP contribution < -0.4 is 9.47 Å². The molecule has 3 aromatic rings.